The van der Waals surface area contributed by atoms with Gasteiger partial charge in [-0.2, -0.15) is 0 Å². The summed E-state index contributed by atoms with van der Waals surface area (Å²) in [6, 6.07) is 11.9. The Hall–Kier alpha value is -1.73. The number of ether oxygens (including phenoxy) is 1. The van der Waals surface area contributed by atoms with Crippen LogP contribution in [0.3, 0.4) is 0 Å². The Morgan fingerprint density at radius 3 is 2.03 bits per heavy atom. The molecule has 0 bridgehead atoms. The van der Waals surface area contributed by atoms with Gasteiger partial charge in [-0.05, 0) is 55.0 Å². The van der Waals surface area contributed by atoms with E-state index >= 15 is 0 Å². The maximum atomic E-state index is 13.0. The minimum absolute atomic E-state index is 0. The molecular weight excluding hydrogens is 462 g/mol. The predicted octanol–water partition coefficient (Wildman–Crippen LogP) is -1.11. The fourth-order valence-electron chi connectivity index (χ4n) is 2.95. The first-order chi connectivity index (χ1) is 11.9. The fourth-order valence-corrected chi connectivity index (χ4v) is 3.07. The van der Waals surface area contributed by atoms with Crippen molar-refractivity contribution in [2.45, 2.75) is 13.3 Å². The van der Waals surface area contributed by atoms with E-state index in [2.05, 4.69) is 0 Å². The third-order valence-electron chi connectivity index (χ3n) is 4.16. The second kappa shape index (κ2) is 15.1. The van der Waals surface area contributed by atoms with Gasteiger partial charge in [0, 0.05) is 21.7 Å². The summed E-state index contributed by atoms with van der Waals surface area (Å²) in [6.07, 6.45) is -0.170. The molecule has 0 fully saturated rings. The quantitative estimate of drug-likeness (QED) is 0.449. The van der Waals surface area contributed by atoms with Crippen molar-refractivity contribution in [3.8, 4) is 5.75 Å². The number of benzene rings is 2. The molecule has 0 aliphatic heterocycles. The van der Waals surface area contributed by atoms with Gasteiger partial charge in [-0.25, -0.2) is 0 Å². The predicted molar refractivity (Wildman–Crippen MR) is 122 cm³/mol. The molecule has 0 aliphatic carbocycles. The summed E-state index contributed by atoms with van der Waals surface area (Å²) in [5.74, 6) is -0.583. The number of methoxy groups -OCH3 is 1. The SMILES string of the molecule is COc1ccc2c(c1)c(CC(=O)O)c(C)n2C(=O)c1ccc(Cl)cc1.O.O.O.O.O.[CaH2]. The van der Waals surface area contributed by atoms with Gasteiger partial charge in [0.05, 0.1) is 19.0 Å². The molecule has 0 radical (unpaired) electrons. The molecule has 12 heteroatoms. The molecule has 0 aliphatic rings. The Morgan fingerprint density at radius 2 is 1.55 bits per heavy atom. The van der Waals surface area contributed by atoms with Crippen LogP contribution in [0, 0.1) is 6.92 Å². The topological polar surface area (TPSA) is 226 Å². The fraction of sp³-hybridized carbons (Fsp3) is 0.158. The molecule has 0 amide bonds. The molecule has 0 unspecified atom stereocenters. The summed E-state index contributed by atoms with van der Waals surface area (Å²) < 4.78 is 6.77. The molecule has 11 N–H and O–H groups in total. The van der Waals surface area contributed by atoms with E-state index in [-0.39, 0.29) is 77.4 Å². The number of rotatable bonds is 4. The Morgan fingerprint density at radius 1 is 1.00 bits per heavy atom. The van der Waals surface area contributed by atoms with Crippen LogP contribution in [-0.4, -0.2) is 93.8 Å². The van der Waals surface area contributed by atoms with Gasteiger partial charge in [-0.3, -0.25) is 14.2 Å². The third kappa shape index (κ3) is 7.42. The number of hydrogen-bond acceptors (Lipinski definition) is 3. The normalized spacial score (nSPS) is 8.74. The average molecular weight is 490 g/mol. The van der Waals surface area contributed by atoms with E-state index in [0.717, 1.165) is 0 Å². The van der Waals surface area contributed by atoms with Crippen molar-refractivity contribution < 1.29 is 46.8 Å². The molecule has 3 aromatic rings. The second-order valence-electron chi connectivity index (χ2n) is 5.67. The van der Waals surface area contributed by atoms with Crippen LogP contribution in [0.25, 0.3) is 10.9 Å². The van der Waals surface area contributed by atoms with Crippen LogP contribution >= 0.6 is 11.6 Å². The second-order valence-corrected chi connectivity index (χ2v) is 6.10. The van der Waals surface area contributed by atoms with Crippen molar-refractivity contribution in [2.75, 3.05) is 7.11 Å². The van der Waals surface area contributed by atoms with E-state index in [4.69, 9.17) is 16.3 Å². The molecule has 3 rings (SSSR count). The summed E-state index contributed by atoms with van der Waals surface area (Å²) in [5.41, 5.74) is 2.32. The van der Waals surface area contributed by atoms with Crippen molar-refractivity contribution in [3.05, 3.63) is 64.3 Å². The Bertz CT molecular complexity index is 990. The first-order valence-corrected chi connectivity index (χ1v) is 8.00. The summed E-state index contributed by atoms with van der Waals surface area (Å²) in [4.78, 5) is 24.3. The summed E-state index contributed by atoms with van der Waals surface area (Å²) in [5, 5.41) is 10.5. The number of carboxylic acid groups (broad SMARTS) is 1. The number of nitrogens with zero attached hydrogens (tertiary/aromatic N) is 1. The van der Waals surface area contributed by atoms with E-state index in [9.17, 15) is 14.7 Å². The first-order valence-electron chi connectivity index (χ1n) is 7.62. The number of hydrogen-bond donors (Lipinski definition) is 1. The number of aromatic nitrogens is 1. The number of halogens is 1. The Kier molecular flexibility index (Phi) is 17.9. The van der Waals surface area contributed by atoms with Gasteiger partial charge in [-0.15, -0.1) is 0 Å². The van der Waals surface area contributed by atoms with Gasteiger partial charge in [0.15, 0.2) is 0 Å². The van der Waals surface area contributed by atoms with E-state index in [0.29, 0.717) is 38.5 Å². The van der Waals surface area contributed by atoms with Gasteiger partial charge in [0.2, 0.25) is 0 Å². The molecule has 31 heavy (non-hydrogen) atoms. The van der Waals surface area contributed by atoms with Crippen LogP contribution in [0.2, 0.25) is 5.02 Å². The van der Waals surface area contributed by atoms with Crippen LogP contribution in [0.1, 0.15) is 21.6 Å². The number of carbonyl (C=O) groups excluding carboxylic acids is 1. The third-order valence-corrected chi connectivity index (χ3v) is 4.42. The van der Waals surface area contributed by atoms with Crippen molar-refractivity contribution in [3.63, 3.8) is 0 Å². The number of carbonyl (C=O) groups is 2. The Balaban J connectivity index is -0.000000607. The number of aliphatic carboxylic acids is 1. The first kappa shape index (κ1) is 36.6. The standard InChI is InChI=1S/C19H16ClNO4.Ca.5H2O.2H/c1-11-15(10-18(22)23)16-9-14(25-2)7-8-17(16)21(11)19(24)12-3-5-13(20)6-4-12;;;;;;;;/h3-9H,10H2,1-2H3,(H,22,23);;5*1H2;;. The van der Waals surface area contributed by atoms with Crippen LogP contribution in [0.5, 0.6) is 5.75 Å². The van der Waals surface area contributed by atoms with Crippen LogP contribution in [0.4, 0.5) is 0 Å². The zero-order chi connectivity index (χ0) is 18.1. The molecule has 1 heterocycles. The number of fused-ring (bicyclic) bond motifs is 1. The average Bonchev–Trinajstić information content (AvgIpc) is 2.86. The molecule has 10 nitrogen and oxygen atoms in total. The van der Waals surface area contributed by atoms with Crippen molar-refractivity contribution in [1.29, 1.82) is 0 Å². The van der Waals surface area contributed by atoms with Gasteiger partial charge < -0.3 is 37.2 Å². The molecular formula is C19H28CaClNO9. The summed E-state index contributed by atoms with van der Waals surface area (Å²) in [7, 11) is 1.54. The van der Waals surface area contributed by atoms with Crippen molar-refractivity contribution in [2.24, 2.45) is 0 Å². The van der Waals surface area contributed by atoms with Crippen LogP contribution in [-0.2, 0) is 11.2 Å². The van der Waals surface area contributed by atoms with E-state index in [1.54, 1.807) is 56.5 Å². The van der Waals surface area contributed by atoms with Crippen molar-refractivity contribution in [1.82, 2.24) is 4.57 Å². The molecule has 1 aromatic heterocycles. The monoisotopic (exact) mass is 489 g/mol. The molecule has 0 saturated heterocycles. The van der Waals surface area contributed by atoms with Gasteiger partial charge >= 0.3 is 43.7 Å². The molecule has 0 atom stereocenters. The Labute approximate surface area is 212 Å². The van der Waals surface area contributed by atoms with E-state index in [1.165, 1.54) is 4.57 Å². The van der Waals surface area contributed by atoms with E-state index in [1.807, 2.05) is 0 Å². The molecule has 172 valence electrons. The molecule has 0 spiro atoms. The van der Waals surface area contributed by atoms with Crippen LogP contribution in [0.15, 0.2) is 42.5 Å². The van der Waals surface area contributed by atoms with Gasteiger partial charge in [-0.1, -0.05) is 11.6 Å². The van der Waals surface area contributed by atoms with Crippen LogP contribution < -0.4 is 4.74 Å². The summed E-state index contributed by atoms with van der Waals surface area (Å²) in [6.45, 7) is 1.75. The van der Waals surface area contributed by atoms with Crippen molar-refractivity contribution >= 4 is 72.1 Å². The summed E-state index contributed by atoms with van der Waals surface area (Å²) >= 11 is 5.89. The van der Waals surface area contributed by atoms with Gasteiger partial charge in [0.1, 0.15) is 5.75 Å². The molecule has 2 aromatic carbocycles. The number of carboxylic acids is 1. The zero-order valence-electron chi connectivity index (χ0n) is 16.2. The van der Waals surface area contributed by atoms with E-state index < -0.39 is 5.97 Å². The maximum absolute atomic E-state index is 13.0. The molecule has 0 saturated carbocycles. The van der Waals surface area contributed by atoms with Gasteiger partial charge in [0.25, 0.3) is 5.91 Å². The zero-order valence-corrected chi connectivity index (χ0v) is 17.0. The minimum atomic E-state index is -0.955.